The third kappa shape index (κ3) is 3.74. The Hall–Kier alpha value is -2.61. The number of carbonyl (C=O) groups excluding carboxylic acids is 2. The van der Waals surface area contributed by atoms with Crippen molar-refractivity contribution in [2.45, 2.75) is 4.90 Å². The topological polar surface area (TPSA) is 90.6 Å². The first-order chi connectivity index (χ1) is 11.9. The summed E-state index contributed by atoms with van der Waals surface area (Å²) in [7, 11) is -3.28. The van der Waals surface area contributed by atoms with Crippen LogP contribution in [0.15, 0.2) is 47.6 Å². The highest BCUT2D eigenvalue weighted by Crippen LogP contribution is 2.14. The molecule has 1 fully saturated rings. The van der Waals surface area contributed by atoms with E-state index in [9.17, 15) is 18.0 Å². The normalized spacial score (nSPS) is 15.2. The van der Waals surface area contributed by atoms with Crippen LogP contribution in [0.5, 0.6) is 0 Å². The van der Waals surface area contributed by atoms with Crippen molar-refractivity contribution in [3.8, 4) is 0 Å². The quantitative estimate of drug-likeness (QED) is 0.884. The highest BCUT2D eigenvalue weighted by molar-refractivity contribution is 7.90. The fourth-order valence-electron chi connectivity index (χ4n) is 2.78. The average molecular weight is 361 g/mol. The standard InChI is InChI=1S/C17H19N3O4S/c1-25(23,24)15-4-2-13(3-5-15)16(21)19-8-10-20(11-9-19)17(22)14-6-7-18-12-14/h2-7,12,18H,8-11H2,1H3. The molecule has 0 saturated carbocycles. The molecule has 0 spiro atoms. The van der Waals surface area contributed by atoms with E-state index in [1.54, 1.807) is 28.3 Å². The second kappa shape index (κ2) is 6.72. The Labute approximate surface area is 146 Å². The molecule has 0 atom stereocenters. The second-order valence-corrected chi connectivity index (χ2v) is 8.00. The van der Waals surface area contributed by atoms with E-state index in [1.165, 1.54) is 24.3 Å². The summed E-state index contributed by atoms with van der Waals surface area (Å²) in [6, 6.07) is 7.65. The van der Waals surface area contributed by atoms with Gasteiger partial charge in [-0.15, -0.1) is 0 Å². The van der Waals surface area contributed by atoms with Crippen LogP contribution >= 0.6 is 0 Å². The van der Waals surface area contributed by atoms with Gasteiger partial charge in [0.05, 0.1) is 10.5 Å². The molecule has 0 radical (unpaired) electrons. The minimum Gasteiger partial charge on any atom is -0.367 e. The van der Waals surface area contributed by atoms with E-state index in [2.05, 4.69) is 4.98 Å². The Bertz CT molecular complexity index is 865. The fourth-order valence-corrected chi connectivity index (χ4v) is 3.41. The molecule has 1 saturated heterocycles. The van der Waals surface area contributed by atoms with Crippen LogP contribution in [-0.2, 0) is 9.84 Å². The number of nitrogens with zero attached hydrogens (tertiary/aromatic N) is 2. The number of aromatic nitrogens is 1. The van der Waals surface area contributed by atoms with Crippen LogP contribution < -0.4 is 0 Å². The minimum absolute atomic E-state index is 0.0501. The maximum absolute atomic E-state index is 12.5. The van der Waals surface area contributed by atoms with Crippen LogP contribution in [0.3, 0.4) is 0 Å². The summed E-state index contributed by atoms with van der Waals surface area (Å²) < 4.78 is 23.0. The Morgan fingerprint density at radius 1 is 0.880 bits per heavy atom. The summed E-state index contributed by atoms with van der Waals surface area (Å²) in [5.74, 6) is -0.209. The summed E-state index contributed by atoms with van der Waals surface area (Å²) in [6.45, 7) is 1.83. The zero-order valence-corrected chi connectivity index (χ0v) is 14.6. The van der Waals surface area contributed by atoms with E-state index in [-0.39, 0.29) is 16.7 Å². The third-order valence-electron chi connectivity index (χ3n) is 4.23. The number of amides is 2. The van der Waals surface area contributed by atoms with E-state index in [0.717, 1.165) is 6.26 Å². The minimum atomic E-state index is -3.28. The average Bonchev–Trinajstić information content (AvgIpc) is 3.14. The summed E-state index contributed by atoms with van der Waals surface area (Å²) >= 11 is 0. The van der Waals surface area contributed by atoms with Gasteiger partial charge in [0.25, 0.3) is 11.8 Å². The number of aromatic amines is 1. The summed E-state index contributed by atoms with van der Waals surface area (Å²) in [6.07, 6.45) is 4.49. The summed E-state index contributed by atoms with van der Waals surface area (Å²) in [5, 5.41) is 0. The summed E-state index contributed by atoms with van der Waals surface area (Å²) in [4.78, 5) is 31.3. The smallest absolute Gasteiger partial charge is 0.255 e. The molecule has 1 aromatic carbocycles. The lowest BCUT2D eigenvalue weighted by Gasteiger charge is -2.34. The SMILES string of the molecule is CS(=O)(=O)c1ccc(C(=O)N2CCN(C(=O)c3cc[nH]c3)CC2)cc1. The number of piperazine rings is 1. The highest BCUT2D eigenvalue weighted by Gasteiger charge is 2.25. The van der Waals surface area contributed by atoms with Gasteiger partial charge in [-0.25, -0.2) is 8.42 Å². The molecule has 7 nitrogen and oxygen atoms in total. The fraction of sp³-hybridized carbons (Fsp3) is 0.294. The molecular formula is C17H19N3O4S. The lowest BCUT2D eigenvalue weighted by atomic mass is 10.1. The molecular weight excluding hydrogens is 342 g/mol. The van der Waals surface area contributed by atoms with Crippen molar-refractivity contribution >= 4 is 21.7 Å². The van der Waals surface area contributed by atoms with Gasteiger partial charge in [-0.3, -0.25) is 9.59 Å². The van der Waals surface area contributed by atoms with Gasteiger partial charge in [-0.1, -0.05) is 0 Å². The molecule has 2 aromatic rings. The molecule has 3 rings (SSSR count). The Balaban J connectivity index is 1.63. The van der Waals surface area contributed by atoms with Gasteiger partial charge in [-0.2, -0.15) is 0 Å². The van der Waals surface area contributed by atoms with E-state index in [4.69, 9.17) is 0 Å². The second-order valence-electron chi connectivity index (χ2n) is 5.98. The number of nitrogens with one attached hydrogen (secondary N) is 1. The van der Waals surface area contributed by atoms with Gasteiger partial charge < -0.3 is 14.8 Å². The van der Waals surface area contributed by atoms with Gasteiger partial charge in [-0.05, 0) is 30.3 Å². The first kappa shape index (κ1) is 17.2. The molecule has 132 valence electrons. The number of hydrogen-bond donors (Lipinski definition) is 1. The zero-order chi connectivity index (χ0) is 18.0. The van der Waals surface area contributed by atoms with Crippen LogP contribution in [-0.4, -0.2) is 67.5 Å². The van der Waals surface area contributed by atoms with Crippen LogP contribution in [0.2, 0.25) is 0 Å². The van der Waals surface area contributed by atoms with Crippen LogP contribution in [0.25, 0.3) is 0 Å². The predicted octanol–water partition coefficient (Wildman–Crippen LogP) is 1.02. The first-order valence-corrected chi connectivity index (χ1v) is 9.77. The number of rotatable bonds is 3. The van der Waals surface area contributed by atoms with E-state index in [1.807, 2.05) is 0 Å². The van der Waals surface area contributed by atoms with Crippen molar-refractivity contribution in [2.24, 2.45) is 0 Å². The van der Waals surface area contributed by atoms with Crippen molar-refractivity contribution < 1.29 is 18.0 Å². The van der Waals surface area contributed by atoms with E-state index < -0.39 is 9.84 Å². The van der Waals surface area contributed by atoms with Gasteiger partial charge in [0.1, 0.15) is 0 Å². The molecule has 1 N–H and O–H groups in total. The van der Waals surface area contributed by atoms with E-state index >= 15 is 0 Å². The molecule has 0 bridgehead atoms. The monoisotopic (exact) mass is 361 g/mol. The Morgan fingerprint density at radius 3 is 1.84 bits per heavy atom. The van der Waals surface area contributed by atoms with Crippen LogP contribution in [0, 0.1) is 0 Å². The number of H-pyrrole nitrogens is 1. The maximum atomic E-state index is 12.5. The zero-order valence-electron chi connectivity index (χ0n) is 13.8. The number of carbonyl (C=O) groups is 2. The van der Waals surface area contributed by atoms with Crippen molar-refractivity contribution in [2.75, 3.05) is 32.4 Å². The van der Waals surface area contributed by atoms with Crippen molar-refractivity contribution in [3.05, 3.63) is 53.9 Å². The molecule has 1 aliphatic heterocycles. The molecule has 1 aromatic heterocycles. The number of benzene rings is 1. The highest BCUT2D eigenvalue weighted by atomic mass is 32.2. The molecule has 2 amide bonds. The first-order valence-electron chi connectivity index (χ1n) is 7.88. The van der Waals surface area contributed by atoms with Crippen LogP contribution in [0.1, 0.15) is 20.7 Å². The number of hydrogen-bond acceptors (Lipinski definition) is 4. The maximum Gasteiger partial charge on any atom is 0.255 e. The molecule has 0 unspecified atom stereocenters. The third-order valence-corrected chi connectivity index (χ3v) is 5.36. The van der Waals surface area contributed by atoms with Crippen LogP contribution in [0.4, 0.5) is 0 Å². The Morgan fingerprint density at radius 2 is 1.40 bits per heavy atom. The molecule has 8 heteroatoms. The molecule has 0 aliphatic carbocycles. The van der Waals surface area contributed by atoms with Gasteiger partial charge in [0.2, 0.25) is 0 Å². The van der Waals surface area contributed by atoms with Crippen molar-refractivity contribution in [3.63, 3.8) is 0 Å². The van der Waals surface area contributed by atoms with E-state index in [0.29, 0.717) is 37.3 Å². The molecule has 25 heavy (non-hydrogen) atoms. The Kier molecular flexibility index (Phi) is 4.63. The van der Waals surface area contributed by atoms with Gasteiger partial charge in [0, 0.05) is 50.4 Å². The lowest BCUT2D eigenvalue weighted by molar-refractivity contribution is 0.0535. The predicted molar refractivity (Wildman–Crippen MR) is 92.2 cm³/mol. The number of sulfone groups is 1. The van der Waals surface area contributed by atoms with Crippen molar-refractivity contribution in [1.82, 2.24) is 14.8 Å². The lowest BCUT2D eigenvalue weighted by Crippen LogP contribution is -2.50. The summed E-state index contributed by atoms with van der Waals surface area (Å²) in [5.41, 5.74) is 1.05. The van der Waals surface area contributed by atoms with Gasteiger partial charge in [0.15, 0.2) is 9.84 Å². The van der Waals surface area contributed by atoms with Gasteiger partial charge >= 0.3 is 0 Å². The largest absolute Gasteiger partial charge is 0.367 e. The molecule has 1 aliphatic rings. The molecule has 2 heterocycles. The van der Waals surface area contributed by atoms with Crippen molar-refractivity contribution in [1.29, 1.82) is 0 Å².